The fraction of sp³-hybridized carbons (Fsp3) is 0.333. The van der Waals surface area contributed by atoms with Gasteiger partial charge in [-0.1, -0.05) is 0 Å². The third-order valence-electron chi connectivity index (χ3n) is 5.06. The monoisotopic (exact) mass is 384 g/mol. The summed E-state index contributed by atoms with van der Waals surface area (Å²) in [5, 5.41) is 10.2. The van der Waals surface area contributed by atoms with Crippen LogP contribution in [-0.4, -0.2) is 43.5 Å². The molecule has 3 heterocycles. The van der Waals surface area contributed by atoms with Gasteiger partial charge in [-0.25, -0.2) is 9.59 Å². The highest BCUT2D eigenvalue weighted by molar-refractivity contribution is 5.91. The molecule has 0 spiro atoms. The van der Waals surface area contributed by atoms with Gasteiger partial charge in [0.05, 0.1) is 22.4 Å². The minimum absolute atomic E-state index is 0.0837. The van der Waals surface area contributed by atoms with Crippen LogP contribution in [0, 0.1) is 0 Å². The highest BCUT2D eigenvalue weighted by Gasteiger charge is 2.18. The lowest BCUT2D eigenvalue weighted by atomic mass is 10.2. The minimum atomic E-state index is -0.636. The Bertz CT molecular complexity index is 1270. The zero-order valence-corrected chi connectivity index (χ0v) is 15.5. The molecule has 28 heavy (non-hydrogen) atoms. The van der Waals surface area contributed by atoms with E-state index in [-0.39, 0.29) is 11.3 Å². The Morgan fingerprint density at radius 1 is 1.04 bits per heavy atom. The molecule has 1 aliphatic rings. The van der Waals surface area contributed by atoms with Gasteiger partial charge in [0, 0.05) is 33.4 Å². The van der Waals surface area contributed by atoms with E-state index < -0.39 is 17.1 Å². The molecule has 0 unspecified atom stereocenters. The Balaban J connectivity index is 1.88. The first-order chi connectivity index (χ1) is 13.4. The predicted octanol–water partition coefficient (Wildman–Crippen LogP) is 0.310. The summed E-state index contributed by atoms with van der Waals surface area (Å²) in [6.07, 6.45) is 3.38. The lowest BCUT2D eigenvalue weighted by molar-refractivity contribution is 0.410. The zero-order chi connectivity index (χ0) is 20.0. The number of aliphatic imine (C=N–C) groups is 1. The van der Waals surface area contributed by atoms with Gasteiger partial charge in [-0.2, -0.15) is 0 Å². The van der Waals surface area contributed by atoms with Gasteiger partial charge in [0.1, 0.15) is 5.56 Å². The lowest BCUT2D eigenvalue weighted by Crippen LogP contribution is -2.38. The first-order valence-corrected chi connectivity index (χ1v) is 8.91. The van der Waals surface area contributed by atoms with Gasteiger partial charge < -0.3 is 20.0 Å². The van der Waals surface area contributed by atoms with Crippen LogP contribution in [0.4, 0.5) is 11.4 Å². The van der Waals surface area contributed by atoms with Gasteiger partial charge in [-0.3, -0.25) is 18.9 Å². The summed E-state index contributed by atoms with van der Waals surface area (Å²) < 4.78 is 1.90. The van der Waals surface area contributed by atoms with Crippen molar-refractivity contribution in [3.63, 3.8) is 0 Å². The second-order valence-corrected chi connectivity index (χ2v) is 6.86. The van der Waals surface area contributed by atoms with Crippen LogP contribution in [0.15, 0.2) is 31.5 Å². The molecule has 3 N–H and O–H groups in total. The van der Waals surface area contributed by atoms with E-state index in [2.05, 4.69) is 19.9 Å². The average Bonchev–Trinajstić information content (AvgIpc) is 3.32. The van der Waals surface area contributed by atoms with Crippen molar-refractivity contribution in [2.75, 3.05) is 18.0 Å². The first kappa shape index (κ1) is 17.8. The molecular weight excluding hydrogens is 364 g/mol. The van der Waals surface area contributed by atoms with Crippen molar-refractivity contribution < 1.29 is 5.11 Å². The van der Waals surface area contributed by atoms with Gasteiger partial charge in [0.2, 0.25) is 5.88 Å². The smallest absolute Gasteiger partial charge is 0.333 e. The standard InChI is InChI=1S/C18H20N6O4/c1-22-15(25)10(16(26)23(2)18(22)28)9-19-13-7-11-12(21-17(27)20-11)8-14(13)24-5-3-4-6-24/h7-9,25H,3-6H2,1-2H3,(H2,20,21,27). The number of anilines is 1. The highest BCUT2D eigenvalue weighted by atomic mass is 16.3. The molecule has 3 aromatic rings. The number of aromatic amines is 2. The van der Waals surface area contributed by atoms with Gasteiger partial charge in [-0.05, 0) is 25.0 Å². The molecule has 1 fully saturated rings. The minimum Gasteiger partial charge on any atom is -0.494 e. The molecule has 4 rings (SSSR count). The highest BCUT2D eigenvalue weighted by Crippen LogP contribution is 2.34. The summed E-state index contributed by atoms with van der Waals surface area (Å²) in [5.74, 6) is -0.448. The van der Waals surface area contributed by atoms with E-state index in [1.807, 2.05) is 6.07 Å². The topological polar surface area (TPSA) is 128 Å². The third kappa shape index (κ3) is 2.82. The second kappa shape index (κ2) is 6.55. The summed E-state index contributed by atoms with van der Waals surface area (Å²) in [7, 11) is 2.72. The number of fused-ring (bicyclic) bond motifs is 1. The summed E-state index contributed by atoms with van der Waals surface area (Å²) >= 11 is 0. The molecule has 0 bridgehead atoms. The largest absolute Gasteiger partial charge is 0.494 e. The van der Waals surface area contributed by atoms with Crippen LogP contribution in [0.5, 0.6) is 5.88 Å². The van der Waals surface area contributed by atoms with Gasteiger partial charge >= 0.3 is 11.4 Å². The quantitative estimate of drug-likeness (QED) is 0.560. The number of nitrogens with zero attached hydrogens (tertiary/aromatic N) is 4. The van der Waals surface area contributed by atoms with Crippen molar-refractivity contribution in [1.82, 2.24) is 19.1 Å². The summed E-state index contributed by atoms with van der Waals surface area (Å²) in [6.45, 7) is 1.74. The number of aromatic hydroxyl groups is 1. The molecule has 0 atom stereocenters. The van der Waals surface area contributed by atoms with Gasteiger partial charge in [0.25, 0.3) is 5.56 Å². The van der Waals surface area contributed by atoms with Crippen LogP contribution < -0.4 is 21.8 Å². The summed E-state index contributed by atoms with van der Waals surface area (Å²) in [4.78, 5) is 47.9. The molecule has 1 saturated heterocycles. The Morgan fingerprint density at radius 2 is 1.68 bits per heavy atom. The number of hydrogen-bond acceptors (Lipinski definition) is 6. The number of H-pyrrole nitrogens is 2. The maximum atomic E-state index is 12.4. The molecule has 0 radical (unpaired) electrons. The predicted molar refractivity (Wildman–Crippen MR) is 106 cm³/mol. The van der Waals surface area contributed by atoms with Crippen molar-refractivity contribution in [3.8, 4) is 5.88 Å². The number of imidazole rings is 1. The number of hydrogen-bond donors (Lipinski definition) is 3. The van der Waals surface area contributed by atoms with Gasteiger partial charge in [0.15, 0.2) is 0 Å². The molecule has 1 aliphatic heterocycles. The normalized spacial score (nSPS) is 14.6. The van der Waals surface area contributed by atoms with Crippen molar-refractivity contribution in [2.45, 2.75) is 12.8 Å². The third-order valence-corrected chi connectivity index (χ3v) is 5.06. The van der Waals surface area contributed by atoms with Gasteiger partial charge in [-0.15, -0.1) is 0 Å². The fourth-order valence-electron chi connectivity index (χ4n) is 3.48. The molecule has 0 saturated carbocycles. The average molecular weight is 384 g/mol. The maximum absolute atomic E-state index is 12.4. The van der Waals surface area contributed by atoms with E-state index >= 15 is 0 Å². The Kier molecular flexibility index (Phi) is 4.17. The van der Waals surface area contributed by atoms with E-state index in [1.165, 1.54) is 20.3 Å². The molecule has 10 heteroatoms. The molecule has 10 nitrogen and oxygen atoms in total. The molecular formula is C18H20N6O4. The molecule has 146 valence electrons. The van der Waals surface area contributed by atoms with Crippen LogP contribution in [0.1, 0.15) is 18.4 Å². The number of aromatic nitrogens is 4. The molecule has 1 aromatic carbocycles. The van der Waals surface area contributed by atoms with E-state index in [0.717, 1.165) is 40.8 Å². The maximum Gasteiger partial charge on any atom is 0.333 e. The van der Waals surface area contributed by atoms with E-state index in [0.29, 0.717) is 16.7 Å². The first-order valence-electron chi connectivity index (χ1n) is 8.91. The van der Waals surface area contributed by atoms with Crippen LogP contribution in [-0.2, 0) is 14.1 Å². The Labute approximate surface area is 158 Å². The SMILES string of the molecule is Cn1c(O)c(C=Nc2cc3[nH]c(=O)[nH]c3cc2N2CCCC2)c(=O)n(C)c1=O. The number of nitrogens with one attached hydrogen (secondary N) is 2. The molecule has 2 aromatic heterocycles. The number of benzene rings is 1. The Morgan fingerprint density at radius 3 is 2.36 bits per heavy atom. The van der Waals surface area contributed by atoms with Crippen molar-refractivity contribution in [2.24, 2.45) is 19.1 Å². The van der Waals surface area contributed by atoms with Crippen LogP contribution in [0.3, 0.4) is 0 Å². The van der Waals surface area contributed by atoms with Crippen LogP contribution in [0.25, 0.3) is 11.0 Å². The zero-order valence-electron chi connectivity index (χ0n) is 15.5. The second-order valence-electron chi connectivity index (χ2n) is 6.86. The van der Waals surface area contributed by atoms with Crippen molar-refractivity contribution >= 4 is 28.6 Å². The van der Waals surface area contributed by atoms with Crippen molar-refractivity contribution in [3.05, 3.63) is 49.0 Å². The summed E-state index contributed by atoms with van der Waals surface area (Å²) in [5.41, 5.74) is 1.00. The van der Waals surface area contributed by atoms with Crippen molar-refractivity contribution in [1.29, 1.82) is 0 Å². The van der Waals surface area contributed by atoms with E-state index in [1.54, 1.807) is 6.07 Å². The van der Waals surface area contributed by atoms with E-state index in [9.17, 15) is 19.5 Å². The lowest BCUT2D eigenvalue weighted by Gasteiger charge is -2.19. The number of rotatable bonds is 3. The molecule has 0 amide bonds. The molecule has 0 aliphatic carbocycles. The van der Waals surface area contributed by atoms with Crippen LogP contribution in [0.2, 0.25) is 0 Å². The summed E-state index contributed by atoms with van der Waals surface area (Å²) in [6, 6.07) is 3.57. The Hall–Kier alpha value is -3.56. The van der Waals surface area contributed by atoms with E-state index in [4.69, 9.17) is 0 Å². The van der Waals surface area contributed by atoms with Crippen LogP contribution >= 0.6 is 0 Å². The fourth-order valence-corrected chi connectivity index (χ4v) is 3.48.